The van der Waals surface area contributed by atoms with Crippen LogP contribution in [0.4, 0.5) is 4.39 Å². The largest absolute Gasteiger partial charge is 0.493 e. The Hall–Kier alpha value is -2.27. The van der Waals surface area contributed by atoms with E-state index in [4.69, 9.17) is 14.2 Å². The lowest BCUT2D eigenvalue weighted by Crippen LogP contribution is -2.41. The zero-order valence-corrected chi connectivity index (χ0v) is 21.9. The molecule has 0 saturated carbocycles. The van der Waals surface area contributed by atoms with Crippen molar-refractivity contribution in [2.45, 2.75) is 19.5 Å². The molecule has 0 bridgehead atoms. The topological polar surface area (TPSA) is 67.4 Å². The summed E-state index contributed by atoms with van der Waals surface area (Å²) < 4.78 is 29.9. The molecule has 0 spiro atoms. The van der Waals surface area contributed by atoms with Gasteiger partial charge in [-0.05, 0) is 56.4 Å². The van der Waals surface area contributed by atoms with E-state index < -0.39 is 0 Å². The summed E-state index contributed by atoms with van der Waals surface area (Å²) in [6.45, 7) is 3.70. The highest BCUT2D eigenvalue weighted by molar-refractivity contribution is 14.0. The number of benzene rings is 2. The van der Waals surface area contributed by atoms with Gasteiger partial charge in [0.05, 0.1) is 33.9 Å². The van der Waals surface area contributed by atoms with Crippen LogP contribution in [-0.4, -0.2) is 59.4 Å². The van der Waals surface area contributed by atoms with E-state index in [0.29, 0.717) is 42.8 Å². The van der Waals surface area contributed by atoms with Crippen molar-refractivity contribution in [2.24, 2.45) is 4.99 Å². The highest BCUT2D eigenvalue weighted by atomic mass is 127. The molecular weight excluding hydrogens is 526 g/mol. The molecule has 2 aromatic rings. The Kier molecular flexibility index (Phi) is 12.1. The number of hydrogen-bond donors (Lipinski definition) is 2. The second kappa shape index (κ2) is 14.0. The molecule has 32 heavy (non-hydrogen) atoms. The van der Waals surface area contributed by atoms with Gasteiger partial charge in [0.2, 0.25) is 5.75 Å². The van der Waals surface area contributed by atoms with Gasteiger partial charge >= 0.3 is 0 Å². The lowest BCUT2D eigenvalue weighted by molar-refractivity contribution is 0.297. The summed E-state index contributed by atoms with van der Waals surface area (Å²) in [6.07, 6.45) is 0. The Labute approximate surface area is 207 Å². The maximum Gasteiger partial charge on any atom is 0.203 e. The van der Waals surface area contributed by atoms with E-state index in [9.17, 15) is 4.39 Å². The molecule has 2 N–H and O–H groups in total. The molecule has 9 heteroatoms. The molecule has 0 aromatic heterocycles. The van der Waals surface area contributed by atoms with Crippen LogP contribution in [0, 0.1) is 5.82 Å². The van der Waals surface area contributed by atoms with Gasteiger partial charge in [-0.25, -0.2) is 9.38 Å². The SMILES string of the molecule is CCNC(=NCc1cc(OC)c(OC)c(OC)c1)NCC(c1cccc(F)c1)N(C)C.I. The first-order valence-corrected chi connectivity index (χ1v) is 10.2. The van der Waals surface area contributed by atoms with E-state index in [1.54, 1.807) is 33.5 Å². The van der Waals surface area contributed by atoms with Crippen LogP contribution in [0.15, 0.2) is 41.4 Å². The maximum atomic E-state index is 13.7. The van der Waals surface area contributed by atoms with E-state index in [-0.39, 0.29) is 35.8 Å². The van der Waals surface area contributed by atoms with Crippen LogP contribution in [0.2, 0.25) is 0 Å². The molecule has 2 rings (SSSR count). The van der Waals surface area contributed by atoms with Gasteiger partial charge in [-0.1, -0.05) is 12.1 Å². The molecule has 0 saturated heterocycles. The number of nitrogens with one attached hydrogen (secondary N) is 2. The van der Waals surface area contributed by atoms with Gasteiger partial charge < -0.3 is 29.7 Å². The van der Waals surface area contributed by atoms with Crippen LogP contribution in [0.25, 0.3) is 0 Å². The molecule has 178 valence electrons. The van der Waals surface area contributed by atoms with Crippen molar-refractivity contribution in [3.8, 4) is 17.2 Å². The first-order valence-electron chi connectivity index (χ1n) is 10.2. The van der Waals surface area contributed by atoms with E-state index in [0.717, 1.165) is 11.1 Å². The second-order valence-electron chi connectivity index (χ2n) is 7.14. The number of rotatable bonds is 10. The normalized spacial score (nSPS) is 12.1. The summed E-state index contributed by atoms with van der Waals surface area (Å²) in [5.74, 6) is 2.14. The molecule has 2 aromatic carbocycles. The van der Waals surface area contributed by atoms with Crippen molar-refractivity contribution in [3.63, 3.8) is 0 Å². The standard InChI is InChI=1S/C23H33FN4O3.HI/c1-7-25-23(27-15-19(28(2)3)17-9-8-10-18(24)13-17)26-14-16-11-20(29-4)22(31-6)21(12-16)30-5;/h8-13,19H,7,14-15H2,1-6H3,(H2,25,26,27);1H. The Morgan fingerprint density at radius 3 is 2.19 bits per heavy atom. The number of hydrogen-bond acceptors (Lipinski definition) is 5. The number of likely N-dealkylation sites (N-methyl/N-ethyl adjacent to an activating group) is 1. The van der Waals surface area contributed by atoms with Crippen molar-refractivity contribution in [3.05, 3.63) is 53.3 Å². The lowest BCUT2D eigenvalue weighted by atomic mass is 10.1. The fourth-order valence-electron chi connectivity index (χ4n) is 3.24. The Balaban J connectivity index is 0.00000512. The second-order valence-corrected chi connectivity index (χ2v) is 7.14. The number of guanidine groups is 1. The maximum absolute atomic E-state index is 13.7. The summed E-state index contributed by atoms with van der Waals surface area (Å²) in [6, 6.07) is 10.4. The first-order chi connectivity index (χ1) is 14.9. The summed E-state index contributed by atoms with van der Waals surface area (Å²) in [5, 5.41) is 6.61. The number of methoxy groups -OCH3 is 3. The van der Waals surface area contributed by atoms with Gasteiger partial charge in [0.15, 0.2) is 17.5 Å². The minimum absolute atomic E-state index is 0. The lowest BCUT2D eigenvalue weighted by Gasteiger charge is -2.26. The summed E-state index contributed by atoms with van der Waals surface area (Å²) in [7, 11) is 8.69. The highest BCUT2D eigenvalue weighted by Crippen LogP contribution is 2.38. The zero-order chi connectivity index (χ0) is 22.8. The summed E-state index contributed by atoms with van der Waals surface area (Å²) >= 11 is 0. The molecule has 0 amide bonds. The molecule has 7 nitrogen and oxygen atoms in total. The van der Waals surface area contributed by atoms with Gasteiger partial charge in [-0.2, -0.15) is 0 Å². The van der Waals surface area contributed by atoms with Crippen LogP contribution in [-0.2, 0) is 6.54 Å². The quantitative estimate of drug-likeness (QED) is 0.262. The highest BCUT2D eigenvalue weighted by Gasteiger charge is 2.16. The van der Waals surface area contributed by atoms with Gasteiger partial charge in [-0.15, -0.1) is 24.0 Å². The third-order valence-electron chi connectivity index (χ3n) is 4.81. The van der Waals surface area contributed by atoms with Crippen molar-refractivity contribution in [1.29, 1.82) is 0 Å². The number of halogens is 2. The minimum Gasteiger partial charge on any atom is -0.493 e. The molecule has 1 unspecified atom stereocenters. The fraction of sp³-hybridized carbons (Fsp3) is 0.435. The Morgan fingerprint density at radius 2 is 1.69 bits per heavy atom. The smallest absolute Gasteiger partial charge is 0.203 e. The van der Waals surface area contributed by atoms with Gasteiger partial charge in [-0.3, -0.25) is 0 Å². The molecule has 0 aliphatic carbocycles. The van der Waals surface area contributed by atoms with Crippen LogP contribution in [0.3, 0.4) is 0 Å². The number of ether oxygens (including phenoxy) is 3. The zero-order valence-electron chi connectivity index (χ0n) is 19.6. The first kappa shape index (κ1) is 27.8. The van der Waals surface area contributed by atoms with E-state index >= 15 is 0 Å². The third kappa shape index (κ3) is 7.70. The van der Waals surface area contributed by atoms with Gasteiger partial charge in [0.1, 0.15) is 5.82 Å². The molecular formula is C23H34FIN4O3. The van der Waals surface area contributed by atoms with Crippen molar-refractivity contribution < 1.29 is 18.6 Å². The fourth-order valence-corrected chi connectivity index (χ4v) is 3.24. The molecule has 1 atom stereocenters. The van der Waals surface area contributed by atoms with Gasteiger partial charge in [0.25, 0.3) is 0 Å². The Bertz CT molecular complexity index is 855. The minimum atomic E-state index is -0.243. The van der Waals surface area contributed by atoms with Crippen LogP contribution >= 0.6 is 24.0 Å². The van der Waals surface area contributed by atoms with Crippen LogP contribution in [0.1, 0.15) is 24.1 Å². The molecule has 0 fully saturated rings. The average molecular weight is 560 g/mol. The molecule has 0 aliphatic rings. The molecule has 0 heterocycles. The monoisotopic (exact) mass is 560 g/mol. The predicted octanol–water partition coefficient (Wildman–Crippen LogP) is 3.83. The van der Waals surface area contributed by atoms with Crippen molar-refractivity contribution >= 4 is 29.9 Å². The molecule has 0 radical (unpaired) electrons. The predicted molar refractivity (Wildman–Crippen MR) is 137 cm³/mol. The molecule has 0 aliphatic heterocycles. The van der Waals surface area contributed by atoms with Crippen molar-refractivity contribution in [2.75, 3.05) is 48.5 Å². The number of nitrogens with zero attached hydrogens (tertiary/aromatic N) is 2. The number of aliphatic imine (C=N–C) groups is 1. The van der Waals surface area contributed by atoms with E-state index in [1.807, 2.05) is 44.1 Å². The van der Waals surface area contributed by atoms with E-state index in [2.05, 4.69) is 15.6 Å². The van der Waals surface area contributed by atoms with Crippen molar-refractivity contribution in [1.82, 2.24) is 15.5 Å². The average Bonchev–Trinajstić information content (AvgIpc) is 2.76. The Morgan fingerprint density at radius 1 is 1.03 bits per heavy atom. The van der Waals surface area contributed by atoms with E-state index in [1.165, 1.54) is 6.07 Å². The van der Waals surface area contributed by atoms with Crippen LogP contribution in [0.5, 0.6) is 17.2 Å². The van der Waals surface area contributed by atoms with Crippen LogP contribution < -0.4 is 24.8 Å². The van der Waals surface area contributed by atoms with Gasteiger partial charge in [0, 0.05) is 13.1 Å². The summed E-state index contributed by atoms with van der Waals surface area (Å²) in [5.41, 5.74) is 1.82. The third-order valence-corrected chi connectivity index (χ3v) is 4.81. The summed E-state index contributed by atoms with van der Waals surface area (Å²) in [4.78, 5) is 6.73.